The monoisotopic (exact) mass is 249 g/mol. The SMILES string of the molecule is COc1ccc(N2N=C(C)C(C(=O)O)C2=O)nc1. The Bertz CT molecular complexity index is 524. The van der Waals surface area contributed by atoms with Gasteiger partial charge in [-0.3, -0.25) is 9.59 Å². The molecule has 0 bridgehead atoms. The zero-order valence-corrected chi connectivity index (χ0v) is 9.82. The van der Waals surface area contributed by atoms with Crippen LogP contribution in [0.1, 0.15) is 6.92 Å². The molecule has 1 unspecified atom stereocenters. The largest absolute Gasteiger partial charge is 0.495 e. The number of nitrogens with zero attached hydrogens (tertiary/aromatic N) is 3. The van der Waals surface area contributed by atoms with Crippen LogP contribution in [-0.2, 0) is 9.59 Å². The summed E-state index contributed by atoms with van der Waals surface area (Å²) in [5.41, 5.74) is 0.241. The maximum atomic E-state index is 11.9. The van der Waals surface area contributed by atoms with Crippen LogP contribution < -0.4 is 9.75 Å². The van der Waals surface area contributed by atoms with Crippen LogP contribution in [-0.4, -0.2) is 34.8 Å². The fraction of sp³-hybridized carbons (Fsp3) is 0.273. The summed E-state index contributed by atoms with van der Waals surface area (Å²) in [6, 6.07) is 3.16. The van der Waals surface area contributed by atoms with Gasteiger partial charge in [0, 0.05) is 0 Å². The second kappa shape index (κ2) is 4.44. The molecule has 1 amide bonds. The average Bonchev–Trinajstić information content (AvgIpc) is 2.65. The highest BCUT2D eigenvalue weighted by atomic mass is 16.5. The molecule has 2 heterocycles. The molecule has 1 N–H and O–H groups in total. The predicted octanol–water partition coefficient (Wildman–Crippen LogP) is 0.513. The normalized spacial score (nSPS) is 18.8. The predicted molar refractivity (Wildman–Crippen MR) is 62.5 cm³/mol. The molecule has 1 aromatic rings. The molecule has 94 valence electrons. The quantitative estimate of drug-likeness (QED) is 0.788. The molecule has 0 saturated heterocycles. The number of rotatable bonds is 3. The van der Waals surface area contributed by atoms with Crippen molar-refractivity contribution in [1.82, 2.24) is 4.98 Å². The third kappa shape index (κ3) is 1.90. The lowest BCUT2D eigenvalue weighted by molar-refractivity contribution is -0.142. The first-order valence-corrected chi connectivity index (χ1v) is 5.16. The highest BCUT2D eigenvalue weighted by Crippen LogP contribution is 2.23. The van der Waals surface area contributed by atoms with E-state index in [-0.39, 0.29) is 11.5 Å². The van der Waals surface area contributed by atoms with Gasteiger partial charge in [0.05, 0.1) is 19.0 Å². The van der Waals surface area contributed by atoms with Gasteiger partial charge < -0.3 is 9.84 Å². The molecule has 0 radical (unpaired) electrons. The van der Waals surface area contributed by atoms with E-state index in [1.807, 2.05) is 0 Å². The molecule has 0 fully saturated rings. The van der Waals surface area contributed by atoms with Crippen LogP contribution in [0.15, 0.2) is 23.4 Å². The molecule has 1 aliphatic heterocycles. The Morgan fingerprint density at radius 2 is 2.22 bits per heavy atom. The van der Waals surface area contributed by atoms with Crippen LogP contribution >= 0.6 is 0 Å². The molecule has 1 atom stereocenters. The highest BCUT2D eigenvalue weighted by Gasteiger charge is 2.40. The number of carbonyl (C=O) groups excluding carboxylic acids is 1. The zero-order chi connectivity index (χ0) is 13.3. The van der Waals surface area contributed by atoms with Gasteiger partial charge in [0.1, 0.15) is 5.75 Å². The number of hydrogen-bond donors (Lipinski definition) is 1. The minimum absolute atomic E-state index is 0.241. The van der Waals surface area contributed by atoms with Crippen LogP contribution in [0.4, 0.5) is 5.82 Å². The van der Waals surface area contributed by atoms with Crippen LogP contribution in [0, 0.1) is 5.92 Å². The van der Waals surface area contributed by atoms with E-state index in [0.29, 0.717) is 5.75 Å². The number of amides is 1. The molecular weight excluding hydrogens is 238 g/mol. The van der Waals surface area contributed by atoms with Gasteiger partial charge in [-0.05, 0) is 19.1 Å². The number of hydrogen-bond acceptors (Lipinski definition) is 5. The zero-order valence-electron chi connectivity index (χ0n) is 9.82. The van der Waals surface area contributed by atoms with E-state index in [1.54, 1.807) is 6.07 Å². The van der Waals surface area contributed by atoms with E-state index in [2.05, 4.69) is 10.1 Å². The van der Waals surface area contributed by atoms with E-state index in [1.165, 1.54) is 26.3 Å². The Morgan fingerprint density at radius 1 is 1.50 bits per heavy atom. The summed E-state index contributed by atoms with van der Waals surface area (Å²) in [4.78, 5) is 26.8. The van der Waals surface area contributed by atoms with Crippen molar-refractivity contribution in [3.63, 3.8) is 0 Å². The van der Waals surface area contributed by atoms with E-state index < -0.39 is 17.8 Å². The summed E-state index contributed by atoms with van der Waals surface area (Å²) in [5.74, 6) is -2.24. The standard InChI is InChI=1S/C11H11N3O4/c1-6-9(11(16)17)10(15)14(13-6)8-4-3-7(18-2)5-12-8/h3-5,9H,1-2H3,(H,16,17). The number of carboxylic acid groups (broad SMARTS) is 1. The van der Waals surface area contributed by atoms with Crippen molar-refractivity contribution < 1.29 is 19.4 Å². The Morgan fingerprint density at radius 3 is 2.67 bits per heavy atom. The lowest BCUT2D eigenvalue weighted by atomic mass is 10.1. The summed E-state index contributed by atoms with van der Waals surface area (Å²) in [7, 11) is 1.50. The van der Waals surface area contributed by atoms with Crippen molar-refractivity contribution in [3.8, 4) is 5.75 Å². The number of methoxy groups -OCH3 is 1. The molecule has 0 aliphatic carbocycles. The Balaban J connectivity index is 2.30. The molecule has 7 nitrogen and oxygen atoms in total. The molecular formula is C11H11N3O4. The maximum absolute atomic E-state index is 11.9. The molecule has 7 heteroatoms. The van der Waals surface area contributed by atoms with Crippen LogP contribution in [0.3, 0.4) is 0 Å². The van der Waals surface area contributed by atoms with Gasteiger partial charge in [0.2, 0.25) is 0 Å². The van der Waals surface area contributed by atoms with Crippen molar-refractivity contribution in [2.45, 2.75) is 6.92 Å². The molecule has 0 saturated carbocycles. The second-order valence-corrected chi connectivity index (χ2v) is 3.72. The van der Waals surface area contributed by atoms with E-state index in [9.17, 15) is 9.59 Å². The van der Waals surface area contributed by atoms with Crippen molar-refractivity contribution >= 4 is 23.4 Å². The number of anilines is 1. The summed E-state index contributed by atoms with van der Waals surface area (Å²) >= 11 is 0. The van der Waals surface area contributed by atoms with E-state index >= 15 is 0 Å². The first-order valence-electron chi connectivity index (χ1n) is 5.16. The van der Waals surface area contributed by atoms with Gasteiger partial charge in [-0.25, -0.2) is 4.98 Å². The Labute approximate surface area is 103 Å². The van der Waals surface area contributed by atoms with E-state index in [0.717, 1.165) is 5.01 Å². The minimum Gasteiger partial charge on any atom is -0.495 e. The number of aromatic nitrogens is 1. The first-order chi connectivity index (χ1) is 8.54. The first kappa shape index (κ1) is 12.0. The summed E-state index contributed by atoms with van der Waals surface area (Å²) < 4.78 is 4.94. The smallest absolute Gasteiger partial charge is 0.322 e. The van der Waals surface area contributed by atoms with Gasteiger partial charge in [-0.2, -0.15) is 10.1 Å². The average molecular weight is 249 g/mol. The Kier molecular flexibility index (Phi) is 2.97. The molecule has 18 heavy (non-hydrogen) atoms. The van der Waals surface area contributed by atoms with E-state index in [4.69, 9.17) is 9.84 Å². The maximum Gasteiger partial charge on any atom is 0.322 e. The summed E-state index contributed by atoms with van der Waals surface area (Å²) in [5, 5.41) is 13.8. The number of carboxylic acids is 1. The van der Waals surface area contributed by atoms with Crippen molar-refractivity contribution in [3.05, 3.63) is 18.3 Å². The number of carbonyl (C=O) groups is 2. The number of aliphatic carboxylic acids is 1. The molecule has 1 aromatic heterocycles. The van der Waals surface area contributed by atoms with Gasteiger partial charge >= 0.3 is 5.97 Å². The number of pyridine rings is 1. The lowest BCUT2D eigenvalue weighted by Crippen LogP contribution is -2.32. The van der Waals surface area contributed by atoms with Crippen molar-refractivity contribution in [1.29, 1.82) is 0 Å². The van der Waals surface area contributed by atoms with Crippen molar-refractivity contribution in [2.75, 3.05) is 12.1 Å². The van der Waals surface area contributed by atoms with Gasteiger partial charge in [-0.15, -0.1) is 0 Å². The van der Waals surface area contributed by atoms with Crippen LogP contribution in [0.2, 0.25) is 0 Å². The molecule has 0 aromatic carbocycles. The summed E-state index contributed by atoms with van der Waals surface area (Å²) in [6.45, 7) is 1.50. The topological polar surface area (TPSA) is 92.1 Å². The third-order valence-electron chi connectivity index (χ3n) is 2.55. The van der Waals surface area contributed by atoms with Crippen LogP contribution in [0.5, 0.6) is 5.75 Å². The number of ether oxygens (including phenoxy) is 1. The second-order valence-electron chi connectivity index (χ2n) is 3.72. The molecule has 2 rings (SSSR count). The minimum atomic E-state index is -1.23. The lowest BCUT2D eigenvalue weighted by Gasteiger charge is -2.11. The fourth-order valence-electron chi connectivity index (χ4n) is 1.63. The van der Waals surface area contributed by atoms with Gasteiger partial charge in [-0.1, -0.05) is 0 Å². The fourth-order valence-corrected chi connectivity index (χ4v) is 1.63. The highest BCUT2D eigenvalue weighted by molar-refractivity contribution is 6.25. The van der Waals surface area contributed by atoms with Gasteiger partial charge in [0.25, 0.3) is 5.91 Å². The molecule has 0 spiro atoms. The third-order valence-corrected chi connectivity index (χ3v) is 2.55. The van der Waals surface area contributed by atoms with Crippen LogP contribution in [0.25, 0.3) is 0 Å². The van der Waals surface area contributed by atoms with Gasteiger partial charge in [0.15, 0.2) is 11.7 Å². The van der Waals surface area contributed by atoms with Crippen molar-refractivity contribution in [2.24, 2.45) is 11.0 Å². The Hall–Kier alpha value is -2.44. The molecule has 1 aliphatic rings. The summed E-state index contributed by atoms with van der Waals surface area (Å²) in [6.07, 6.45) is 1.43. The number of hydrazone groups is 1.